The van der Waals surface area contributed by atoms with Crippen molar-refractivity contribution < 1.29 is 0 Å². The molecule has 1 aromatic heterocycles. The number of aromatic nitrogens is 2. The van der Waals surface area contributed by atoms with E-state index < -0.39 is 0 Å². The maximum Gasteiger partial charge on any atom is 0.223 e. The summed E-state index contributed by atoms with van der Waals surface area (Å²) < 4.78 is 0. The van der Waals surface area contributed by atoms with Crippen molar-refractivity contribution in [3.63, 3.8) is 0 Å². The molecule has 1 heterocycles. The van der Waals surface area contributed by atoms with E-state index in [1.165, 1.54) is 18.4 Å². The van der Waals surface area contributed by atoms with Crippen LogP contribution in [0.1, 0.15) is 29.8 Å². The zero-order valence-electron chi connectivity index (χ0n) is 12.2. The SMILES string of the molecule is Cc1cc(C)nc(NCC2(Cc3ccccc3)CC2)n1. The minimum atomic E-state index is 0.405. The molecular formula is C17H21N3. The monoisotopic (exact) mass is 267 g/mol. The molecule has 0 unspecified atom stereocenters. The average Bonchev–Trinajstić information content (AvgIpc) is 3.17. The van der Waals surface area contributed by atoms with Crippen LogP contribution < -0.4 is 5.32 Å². The fourth-order valence-corrected chi connectivity index (χ4v) is 2.69. The van der Waals surface area contributed by atoms with Gasteiger partial charge in [0.15, 0.2) is 0 Å². The molecule has 0 aliphatic heterocycles. The molecule has 0 spiro atoms. The van der Waals surface area contributed by atoms with Crippen molar-refractivity contribution in [2.24, 2.45) is 5.41 Å². The molecule has 20 heavy (non-hydrogen) atoms. The Labute approximate surface area is 120 Å². The lowest BCUT2D eigenvalue weighted by atomic mass is 9.96. The Bertz CT molecular complexity index is 568. The van der Waals surface area contributed by atoms with E-state index in [2.05, 4.69) is 45.6 Å². The summed E-state index contributed by atoms with van der Waals surface area (Å²) >= 11 is 0. The fourth-order valence-electron chi connectivity index (χ4n) is 2.69. The summed E-state index contributed by atoms with van der Waals surface area (Å²) in [4.78, 5) is 8.90. The molecule has 1 fully saturated rings. The molecule has 0 atom stereocenters. The van der Waals surface area contributed by atoms with Crippen LogP contribution >= 0.6 is 0 Å². The third-order valence-electron chi connectivity index (χ3n) is 3.98. The molecule has 104 valence electrons. The second-order valence-electron chi connectivity index (χ2n) is 5.99. The van der Waals surface area contributed by atoms with Crippen LogP contribution in [0.25, 0.3) is 0 Å². The quantitative estimate of drug-likeness (QED) is 0.900. The number of aryl methyl sites for hydroxylation is 2. The molecule has 0 bridgehead atoms. The lowest BCUT2D eigenvalue weighted by Crippen LogP contribution is -2.19. The lowest BCUT2D eigenvalue weighted by molar-refractivity contribution is 0.536. The zero-order chi connectivity index (χ0) is 14.0. The molecule has 1 aliphatic rings. The van der Waals surface area contributed by atoms with Crippen molar-refractivity contribution in [1.29, 1.82) is 0 Å². The predicted molar refractivity (Wildman–Crippen MR) is 81.8 cm³/mol. The first kappa shape index (κ1) is 13.1. The van der Waals surface area contributed by atoms with Crippen LogP contribution in [0.15, 0.2) is 36.4 Å². The standard InChI is InChI=1S/C17H21N3/c1-13-10-14(2)20-16(19-13)18-12-17(8-9-17)11-15-6-4-3-5-7-15/h3-7,10H,8-9,11-12H2,1-2H3,(H,18,19,20). The van der Waals surface area contributed by atoms with E-state index in [1.54, 1.807) is 0 Å². The molecule has 0 radical (unpaired) electrons. The largest absolute Gasteiger partial charge is 0.354 e. The summed E-state index contributed by atoms with van der Waals surface area (Å²) in [5.41, 5.74) is 3.87. The van der Waals surface area contributed by atoms with Crippen LogP contribution in [-0.4, -0.2) is 16.5 Å². The van der Waals surface area contributed by atoms with Crippen LogP contribution in [0.4, 0.5) is 5.95 Å². The van der Waals surface area contributed by atoms with Gasteiger partial charge in [-0.3, -0.25) is 0 Å². The molecular weight excluding hydrogens is 246 g/mol. The summed E-state index contributed by atoms with van der Waals surface area (Å²) in [7, 11) is 0. The van der Waals surface area contributed by atoms with Crippen molar-refractivity contribution >= 4 is 5.95 Å². The van der Waals surface area contributed by atoms with Gasteiger partial charge in [0.1, 0.15) is 0 Å². The van der Waals surface area contributed by atoms with Crippen molar-refractivity contribution in [2.45, 2.75) is 33.1 Å². The zero-order valence-corrected chi connectivity index (χ0v) is 12.2. The highest BCUT2D eigenvalue weighted by molar-refractivity contribution is 5.29. The average molecular weight is 267 g/mol. The van der Waals surface area contributed by atoms with E-state index >= 15 is 0 Å². The molecule has 1 aromatic carbocycles. The summed E-state index contributed by atoms with van der Waals surface area (Å²) in [5, 5.41) is 3.43. The van der Waals surface area contributed by atoms with Crippen LogP contribution in [-0.2, 0) is 6.42 Å². The van der Waals surface area contributed by atoms with Gasteiger partial charge in [-0.2, -0.15) is 0 Å². The molecule has 1 aliphatic carbocycles. The molecule has 2 aromatic rings. The van der Waals surface area contributed by atoms with Gasteiger partial charge in [0, 0.05) is 17.9 Å². The molecule has 1 saturated carbocycles. The third kappa shape index (κ3) is 3.16. The Morgan fingerprint density at radius 2 is 1.70 bits per heavy atom. The first-order chi connectivity index (χ1) is 9.65. The minimum Gasteiger partial charge on any atom is -0.354 e. The van der Waals surface area contributed by atoms with E-state index in [4.69, 9.17) is 0 Å². The lowest BCUT2D eigenvalue weighted by Gasteiger charge is -2.16. The smallest absolute Gasteiger partial charge is 0.223 e. The van der Waals surface area contributed by atoms with Gasteiger partial charge in [-0.15, -0.1) is 0 Å². The Hall–Kier alpha value is -1.90. The molecule has 3 rings (SSSR count). The Kier molecular flexibility index (Phi) is 3.43. The van der Waals surface area contributed by atoms with Crippen LogP contribution in [0.2, 0.25) is 0 Å². The van der Waals surface area contributed by atoms with Crippen molar-refractivity contribution in [2.75, 3.05) is 11.9 Å². The summed E-state index contributed by atoms with van der Waals surface area (Å²) in [6.45, 7) is 4.98. The summed E-state index contributed by atoms with van der Waals surface area (Å²) in [6, 6.07) is 12.7. The van der Waals surface area contributed by atoms with E-state index in [1.807, 2.05) is 19.9 Å². The first-order valence-corrected chi connectivity index (χ1v) is 7.25. The van der Waals surface area contributed by atoms with E-state index in [9.17, 15) is 0 Å². The van der Waals surface area contributed by atoms with E-state index in [0.29, 0.717) is 5.41 Å². The van der Waals surface area contributed by atoms with Crippen molar-refractivity contribution in [3.8, 4) is 0 Å². The maximum atomic E-state index is 4.45. The van der Waals surface area contributed by atoms with Crippen molar-refractivity contribution in [1.82, 2.24) is 9.97 Å². The molecule has 1 N–H and O–H groups in total. The third-order valence-corrected chi connectivity index (χ3v) is 3.98. The topological polar surface area (TPSA) is 37.8 Å². The Balaban J connectivity index is 1.63. The fraction of sp³-hybridized carbons (Fsp3) is 0.412. The number of hydrogen-bond acceptors (Lipinski definition) is 3. The highest BCUT2D eigenvalue weighted by Gasteiger charge is 2.42. The van der Waals surface area contributed by atoms with Gasteiger partial charge in [0.2, 0.25) is 5.95 Å². The summed E-state index contributed by atoms with van der Waals surface area (Å²) in [6.07, 6.45) is 3.73. The number of nitrogens with one attached hydrogen (secondary N) is 1. The number of benzene rings is 1. The van der Waals surface area contributed by atoms with Crippen LogP contribution in [0.3, 0.4) is 0 Å². The molecule has 3 nitrogen and oxygen atoms in total. The molecule has 0 saturated heterocycles. The second kappa shape index (κ2) is 5.23. The normalized spacial score (nSPS) is 15.9. The van der Waals surface area contributed by atoms with Crippen molar-refractivity contribution in [3.05, 3.63) is 53.3 Å². The Morgan fingerprint density at radius 3 is 2.30 bits per heavy atom. The minimum absolute atomic E-state index is 0.405. The van der Waals surface area contributed by atoms with E-state index in [-0.39, 0.29) is 0 Å². The highest BCUT2D eigenvalue weighted by atomic mass is 15.1. The number of nitrogens with zero attached hydrogens (tertiary/aromatic N) is 2. The summed E-state index contributed by atoms with van der Waals surface area (Å²) in [5.74, 6) is 0.766. The van der Waals surface area contributed by atoms with Gasteiger partial charge >= 0.3 is 0 Å². The van der Waals surface area contributed by atoms with Gasteiger partial charge in [0.25, 0.3) is 0 Å². The molecule has 3 heteroatoms. The van der Waals surface area contributed by atoms with Gasteiger partial charge in [0.05, 0.1) is 0 Å². The van der Waals surface area contributed by atoms with Gasteiger partial charge in [-0.25, -0.2) is 9.97 Å². The van der Waals surface area contributed by atoms with Crippen LogP contribution in [0.5, 0.6) is 0 Å². The number of hydrogen-bond donors (Lipinski definition) is 1. The predicted octanol–water partition coefficient (Wildman–Crippen LogP) is 3.53. The van der Waals surface area contributed by atoms with Crippen LogP contribution in [0, 0.1) is 19.3 Å². The highest BCUT2D eigenvalue weighted by Crippen LogP contribution is 2.48. The number of rotatable bonds is 5. The Morgan fingerprint density at radius 1 is 1.05 bits per heavy atom. The van der Waals surface area contributed by atoms with E-state index in [0.717, 1.165) is 30.3 Å². The first-order valence-electron chi connectivity index (χ1n) is 7.25. The number of anilines is 1. The maximum absolute atomic E-state index is 4.45. The van der Waals surface area contributed by atoms with Gasteiger partial charge in [-0.05, 0) is 50.2 Å². The molecule has 0 amide bonds. The second-order valence-corrected chi connectivity index (χ2v) is 5.99. The van der Waals surface area contributed by atoms with Gasteiger partial charge in [-0.1, -0.05) is 30.3 Å². The van der Waals surface area contributed by atoms with Gasteiger partial charge < -0.3 is 5.32 Å².